The van der Waals surface area contributed by atoms with Gasteiger partial charge in [0.25, 0.3) is 0 Å². The highest BCUT2D eigenvalue weighted by Gasteiger charge is 2.28. The number of benzene rings is 1. The normalized spacial score (nSPS) is 17.9. The van der Waals surface area contributed by atoms with Crippen LogP contribution in [-0.4, -0.2) is 41.6 Å². The molecule has 2 amide bonds. The molecule has 3 rings (SSSR count). The molecular formula is C17H19FN4O. The van der Waals surface area contributed by atoms with E-state index in [1.807, 2.05) is 17.9 Å². The molecule has 120 valence electrons. The summed E-state index contributed by atoms with van der Waals surface area (Å²) in [4.78, 5) is 20.0. The van der Waals surface area contributed by atoms with E-state index >= 15 is 0 Å². The van der Waals surface area contributed by atoms with Crippen LogP contribution in [0.2, 0.25) is 0 Å². The predicted octanol–water partition coefficient (Wildman–Crippen LogP) is 2.96. The van der Waals surface area contributed by atoms with Gasteiger partial charge in [0, 0.05) is 31.9 Å². The van der Waals surface area contributed by atoms with Crippen molar-refractivity contribution in [3.8, 4) is 0 Å². The van der Waals surface area contributed by atoms with E-state index in [1.54, 1.807) is 41.6 Å². The van der Waals surface area contributed by atoms with Crippen molar-refractivity contribution in [2.24, 2.45) is 0 Å². The van der Waals surface area contributed by atoms with Crippen LogP contribution in [0, 0.1) is 5.82 Å². The summed E-state index contributed by atoms with van der Waals surface area (Å²) in [6.07, 6.45) is 3.27. The fourth-order valence-corrected chi connectivity index (χ4v) is 2.82. The van der Waals surface area contributed by atoms with Gasteiger partial charge in [-0.15, -0.1) is 0 Å². The third kappa shape index (κ3) is 3.41. The number of aromatic nitrogens is 1. The van der Waals surface area contributed by atoms with Crippen molar-refractivity contribution in [3.05, 3.63) is 54.6 Å². The average molecular weight is 314 g/mol. The van der Waals surface area contributed by atoms with Gasteiger partial charge in [0.15, 0.2) is 0 Å². The van der Waals surface area contributed by atoms with Crippen molar-refractivity contribution in [1.29, 1.82) is 0 Å². The van der Waals surface area contributed by atoms with Crippen molar-refractivity contribution < 1.29 is 9.18 Å². The molecule has 1 aliphatic rings. The number of hydrogen-bond acceptors (Lipinski definition) is 3. The molecule has 0 aliphatic carbocycles. The third-order valence-electron chi connectivity index (χ3n) is 3.99. The maximum absolute atomic E-state index is 13.9. The zero-order chi connectivity index (χ0) is 16.2. The van der Waals surface area contributed by atoms with E-state index in [2.05, 4.69) is 10.3 Å². The standard InChI is InChI=1S/C17H19FN4O/c1-13-12-21(17(23)20-14-5-4-8-19-11-14)9-10-22(13)16-7-3-2-6-15(16)18/h2-8,11,13H,9-10,12H2,1H3,(H,20,23)/t13-/m1/s1. The van der Waals surface area contributed by atoms with Gasteiger partial charge in [-0.3, -0.25) is 4.98 Å². The maximum Gasteiger partial charge on any atom is 0.322 e. The Labute approximate surface area is 134 Å². The van der Waals surface area contributed by atoms with E-state index in [4.69, 9.17) is 0 Å². The lowest BCUT2D eigenvalue weighted by Gasteiger charge is -2.41. The molecule has 0 radical (unpaired) electrons. The molecule has 1 aliphatic heterocycles. The van der Waals surface area contributed by atoms with Crippen LogP contribution >= 0.6 is 0 Å². The van der Waals surface area contributed by atoms with Crippen LogP contribution in [0.15, 0.2) is 48.8 Å². The summed E-state index contributed by atoms with van der Waals surface area (Å²) in [5.41, 5.74) is 1.26. The van der Waals surface area contributed by atoms with Crippen molar-refractivity contribution in [2.45, 2.75) is 13.0 Å². The molecule has 2 heterocycles. The monoisotopic (exact) mass is 314 g/mol. The number of para-hydroxylation sites is 1. The highest BCUT2D eigenvalue weighted by Crippen LogP contribution is 2.23. The number of anilines is 2. The third-order valence-corrected chi connectivity index (χ3v) is 3.99. The van der Waals surface area contributed by atoms with Gasteiger partial charge in [0.05, 0.1) is 17.6 Å². The number of halogens is 1. The van der Waals surface area contributed by atoms with Gasteiger partial charge in [-0.1, -0.05) is 12.1 Å². The Hall–Kier alpha value is -2.63. The second kappa shape index (κ2) is 6.64. The summed E-state index contributed by atoms with van der Waals surface area (Å²) in [6, 6.07) is 10.2. The first-order valence-electron chi connectivity index (χ1n) is 7.62. The molecule has 1 saturated heterocycles. The molecule has 1 fully saturated rings. The molecule has 1 N–H and O–H groups in total. The van der Waals surface area contributed by atoms with Crippen LogP contribution in [0.4, 0.5) is 20.6 Å². The van der Waals surface area contributed by atoms with Gasteiger partial charge in [-0.2, -0.15) is 0 Å². The second-order valence-corrected chi connectivity index (χ2v) is 5.61. The first kappa shape index (κ1) is 15.3. The Morgan fingerprint density at radius 1 is 1.26 bits per heavy atom. The van der Waals surface area contributed by atoms with E-state index in [-0.39, 0.29) is 17.9 Å². The van der Waals surface area contributed by atoms with E-state index in [0.717, 1.165) is 0 Å². The molecule has 2 aromatic rings. The zero-order valence-electron chi connectivity index (χ0n) is 12.9. The first-order chi connectivity index (χ1) is 11.1. The summed E-state index contributed by atoms with van der Waals surface area (Å²) < 4.78 is 13.9. The average Bonchev–Trinajstić information content (AvgIpc) is 2.56. The number of pyridine rings is 1. The van der Waals surface area contributed by atoms with Crippen LogP contribution in [0.1, 0.15) is 6.92 Å². The van der Waals surface area contributed by atoms with E-state index in [1.165, 1.54) is 6.07 Å². The molecule has 0 spiro atoms. The van der Waals surface area contributed by atoms with Crippen molar-refractivity contribution in [1.82, 2.24) is 9.88 Å². The summed E-state index contributed by atoms with van der Waals surface area (Å²) in [5.74, 6) is -0.229. The van der Waals surface area contributed by atoms with Gasteiger partial charge in [0.2, 0.25) is 0 Å². The Balaban J connectivity index is 1.64. The molecule has 23 heavy (non-hydrogen) atoms. The number of nitrogens with zero attached hydrogens (tertiary/aromatic N) is 3. The largest absolute Gasteiger partial charge is 0.363 e. The lowest BCUT2D eigenvalue weighted by atomic mass is 10.1. The smallest absolute Gasteiger partial charge is 0.322 e. The minimum absolute atomic E-state index is 0.0419. The Kier molecular flexibility index (Phi) is 4.41. The molecule has 0 saturated carbocycles. The molecule has 5 nitrogen and oxygen atoms in total. The molecule has 1 aromatic heterocycles. The topological polar surface area (TPSA) is 48.5 Å². The first-order valence-corrected chi connectivity index (χ1v) is 7.62. The van der Waals surface area contributed by atoms with E-state index in [0.29, 0.717) is 31.0 Å². The number of urea groups is 1. The fraction of sp³-hybridized carbons (Fsp3) is 0.294. The van der Waals surface area contributed by atoms with Gasteiger partial charge >= 0.3 is 6.03 Å². The SMILES string of the molecule is C[C@@H]1CN(C(=O)Nc2cccnc2)CCN1c1ccccc1F. The van der Waals surface area contributed by atoms with Crippen molar-refractivity contribution >= 4 is 17.4 Å². The van der Waals surface area contributed by atoms with E-state index < -0.39 is 0 Å². The molecule has 1 atom stereocenters. The highest BCUT2D eigenvalue weighted by atomic mass is 19.1. The Bertz CT molecular complexity index is 679. The van der Waals surface area contributed by atoms with Crippen molar-refractivity contribution in [2.75, 3.05) is 29.9 Å². The van der Waals surface area contributed by atoms with Crippen molar-refractivity contribution in [3.63, 3.8) is 0 Å². The lowest BCUT2D eigenvalue weighted by molar-refractivity contribution is 0.200. The quantitative estimate of drug-likeness (QED) is 0.927. The number of amides is 2. The maximum atomic E-state index is 13.9. The number of rotatable bonds is 2. The van der Waals surface area contributed by atoms with Crippen LogP contribution in [0.25, 0.3) is 0 Å². The molecule has 1 aromatic carbocycles. The fourth-order valence-electron chi connectivity index (χ4n) is 2.82. The minimum atomic E-state index is -0.229. The molecular weight excluding hydrogens is 295 g/mol. The predicted molar refractivity (Wildman–Crippen MR) is 88.0 cm³/mol. The van der Waals surface area contributed by atoms with Gasteiger partial charge in [0.1, 0.15) is 5.82 Å². The summed E-state index contributed by atoms with van der Waals surface area (Å²) in [6.45, 7) is 3.68. The Morgan fingerprint density at radius 3 is 2.78 bits per heavy atom. The lowest BCUT2D eigenvalue weighted by Crippen LogP contribution is -2.55. The Morgan fingerprint density at radius 2 is 2.09 bits per heavy atom. The molecule has 0 bridgehead atoms. The van der Waals surface area contributed by atoms with Crippen LogP contribution in [0.3, 0.4) is 0 Å². The second-order valence-electron chi connectivity index (χ2n) is 5.61. The summed E-state index contributed by atoms with van der Waals surface area (Å²) in [7, 11) is 0. The van der Waals surface area contributed by atoms with Gasteiger partial charge < -0.3 is 15.1 Å². The number of carbonyl (C=O) groups excluding carboxylic acids is 1. The van der Waals surface area contributed by atoms with Gasteiger partial charge in [-0.25, -0.2) is 9.18 Å². The molecule has 0 unspecified atom stereocenters. The molecule has 6 heteroatoms. The van der Waals surface area contributed by atoms with Crippen LogP contribution in [0.5, 0.6) is 0 Å². The number of hydrogen-bond donors (Lipinski definition) is 1. The van der Waals surface area contributed by atoms with E-state index in [9.17, 15) is 9.18 Å². The van der Waals surface area contributed by atoms with Gasteiger partial charge in [-0.05, 0) is 31.2 Å². The summed E-state index contributed by atoms with van der Waals surface area (Å²) in [5, 5.41) is 2.83. The van der Waals surface area contributed by atoms with Crippen LogP contribution in [-0.2, 0) is 0 Å². The highest BCUT2D eigenvalue weighted by molar-refractivity contribution is 5.89. The minimum Gasteiger partial charge on any atom is -0.363 e. The number of carbonyl (C=O) groups is 1. The summed E-state index contributed by atoms with van der Waals surface area (Å²) >= 11 is 0. The zero-order valence-corrected chi connectivity index (χ0v) is 12.9. The van der Waals surface area contributed by atoms with Crippen LogP contribution < -0.4 is 10.2 Å². The number of piperazine rings is 1. The number of nitrogens with one attached hydrogen (secondary N) is 1.